The lowest BCUT2D eigenvalue weighted by atomic mass is 9.86. The number of hydrogen-bond donors (Lipinski definition) is 1. The highest BCUT2D eigenvalue weighted by Crippen LogP contribution is 2.36. The Hall–Kier alpha value is -3.99. The monoisotopic (exact) mass is 436 g/mol. The summed E-state index contributed by atoms with van der Waals surface area (Å²) in [5, 5.41) is 0.755. The average Bonchev–Trinajstić information content (AvgIpc) is 3.38. The molecular formula is C28H24N2O3. The van der Waals surface area contributed by atoms with E-state index in [2.05, 4.69) is 42.2 Å². The number of para-hydroxylation sites is 1. The van der Waals surface area contributed by atoms with Crippen LogP contribution in [0.25, 0.3) is 22.6 Å². The Bertz CT molecular complexity index is 1370. The van der Waals surface area contributed by atoms with Crippen molar-refractivity contribution in [2.45, 2.75) is 26.2 Å². The SMILES string of the molecule is Cc1ccc(/C=C2\CCCc3c2nc2ccccc2c3C(=O)OCC(=O)c2ccc[nH]2)cc1. The number of fused-ring (bicyclic) bond motifs is 2. The number of rotatable bonds is 5. The van der Waals surface area contributed by atoms with Crippen molar-refractivity contribution in [3.05, 3.63) is 101 Å². The number of nitrogens with one attached hydrogen (secondary N) is 1. The number of Topliss-reactive ketones (excluding diaryl/α,β-unsaturated/α-hetero) is 1. The molecule has 5 nitrogen and oxygen atoms in total. The Balaban J connectivity index is 1.55. The molecule has 0 radical (unpaired) electrons. The number of benzene rings is 2. The molecular weight excluding hydrogens is 412 g/mol. The minimum absolute atomic E-state index is 0.263. The number of carbonyl (C=O) groups excluding carboxylic acids is 2. The number of aryl methyl sites for hydroxylation is 1. The van der Waals surface area contributed by atoms with Crippen molar-refractivity contribution in [1.82, 2.24) is 9.97 Å². The van der Waals surface area contributed by atoms with Gasteiger partial charge in [-0.2, -0.15) is 0 Å². The van der Waals surface area contributed by atoms with Crippen LogP contribution in [-0.4, -0.2) is 28.3 Å². The minimum atomic E-state index is -0.485. The van der Waals surface area contributed by atoms with Gasteiger partial charge in [0.05, 0.1) is 22.5 Å². The number of allylic oxidation sites excluding steroid dienone is 1. The van der Waals surface area contributed by atoms with Gasteiger partial charge in [-0.15, -0.1) is 0 Å². The van der Waals surface area contributed by atoms with Crippen LogP contribution < -0.4 is 0 Å². The van der Waals surface area contributed by atoms with Gasteiger partial charge in [-0.05, 0) is 67.2 Å². The Morgan fingerprint density at radius 3 is 2.64 bits per heavy atom. The van der Waals surface area contributed by atoms with E-state index in [1.807, 2.05) is 24.3 Å². The molecule has 1 aliphatic rings. The lowest BCUT2D eigenvalue weighted by molar-refractivity contribution is 0.0474. The summed E-state index contributed by atoms with van der Waals surface area (Å²) in [5.41, 5.74) is 6.87. The topological polar surface area (TPSA) is 72.0 Å². The van der Waals surface area contributed by atoms with Crippen LogP contribution >= 0.6 is 0 Å². The lowest BCUT2D eigenvalue weighted by Gasteiger charge is -2.22. The van der Waals surface area contributed by atoms with Gasteiger partial charge in [-0.1, -0.05) is 48.0 Å². The Morgan fingerprint density at radius 2 is 1.85 bits per heavy atom. The van der Waals surface area contributed by atoms with Crippen LogP contribution in [0.3, 0.4) is 0 Å². The number of pyridine rings is 1. The highest BCUT2D eigenvalue weighted by atomic mass is 16.5. The summed E-state index contributed by atoms with van der Waals surface area (Å²) in [5.74, 6) is -0.748. The molecule has 2 aromatic heterocycles. The van der Waals surface area contributed by atoms with Crippen molar-refractivity contribution in [2.75, 3.05) is 6.61 Å². The minimum Gasteiger partial charge on any atom is -0.454 e. The number of aromatic nitrogens is 2. The molecule has 0 amide bonds. The quantitative estimate of drug-likeness (QED) is 0.318. The fraction of sp³-hybridized carbons (Fsp3) is 0.179. The molecule has 1 N–H and O–H groups in total. The van der Waals surface area contributed by atoms with E-state index in [0.717, 1.165) is 52.6 Å². The molecule has 0 saturated heterocycles. The van der Waals surface area contributed by atoms with E-state index in [1.54, 1.807) is 18.3 Å². The fourth-order valence-corrected chi connectivity index (χ4v) is 4.36. The summed E-state index contributed by atoms with van der Waals surface area (Å²) in [6.07, 6.45) is 6.39. The van der Waals surface area contributed by atoms with Crippen molar-refractivity contribution in [3.8, 4) is 0 Å². The molecule has 5 heteroatoms. The van der Waals surface area contributed by atoms with Gasteiger partial charge in [0.1, 0.15) is 0 Å². The summed E-state index contributed by atoms with van der Waals surface area (Å²) in [6.45, 7) is 1.76. The third-order valence-electron chi connectivity index (χ3n) is 6.03. The van der Waals surface area contributed by atoms with Crippen molar-refractivity contribution in [3.63, 3.8) is 0 Å². The van der Waals surface area contributed by atoms with Crippen LogP contribution in [-0.2, 0) is 11.2 Å². The van der Waals surface area contributed by atoms with Crippen LogP contribution in [0.1, 0.15) is 56.1 Å². The van der Waals surface area contributed by atoms with Gasteiger partial charge >= 0.3 is 5.97 Å². The fourth-order valence-electron chi connectivity index (χ4n) is 4.36. The molecule has 0 saturated carbocycles. The molecule has 0 aliphatic heterocycles. The maximum absolute atomic E-state index is 13.3. The van der Waals surface area contributed by atoms with Crippen LogP contribution in [0.2, 0.25) is 0 Å². The molecule has 5 rings (SSSR count). The van der Waals surface area contributed by atoms with Gasteiger partial charge in [0.15, 0.2) is 6.61 Å². The standard InChI is InChI=1S/C28H24N2O3/c1-18-11-13-19(14-12-18)16-20-6-4-8-22-26(21-7-2-3-9-23(21)30-27(20)22)28(32)33-17-25(31)24-10-5-15-29-24/h2-3,5,7,9-16,29H,4,6,8,17H2,1H3/b20-16+. The first-order chi connectivity index (χ1) is 16.1. The maximum Gasteiger partial charge on any atom is 0.339 e. The molecule has 2 aromatic carbocycles. The highest BCUT2D eigenvalue weighted by molar-refractivity contribution is 6.07. The zero-order valence-electron chi connectivity index (χ0n) is 18.4. The number of ether oxygens (including phenoxy) is 1. The number of aromatic amines is 1. The second-order valence-corrected chi connectivity index (χ2v) is 8.35. The van der Waals surface area contributed by atoms with E-state index in [4.69, 9.17) is 9.72 Å². The zero-order valence-corrected chi connectivity index (χ0v) is 18.4. The predicted octanol–water partition coefficient (Wildman–Crippen LogP) is 5.79. The van der Waals surface area contributed by atoms with Gasteiger partial charge in [-0.25, -0.2) is 9.78 Å². The molecule has 0 atom stereocenters. The van der Waals surface area contributed by atoms with Crippen molar-refractivity contribution >= 4 is 34.3 Å². The van der Waals surface area contributed by atoms with Gasteiger partial charge in [0.2, 0.25) is 5.78 Å². The van der Waals surface area contributed by atoms with E-state index in [0.29, 0.717) is 11.3 Å². The van der Waals surface area contributed by atoms with E-state index in [9.17, 15) is 9.59 Å². The van der Waals surface area contributed by atoms with Crippen LogP contribution in [0.4, 0.5) is 0 Å². The van der Waals surface area contributed by atoms with Crippen LogP contribution in [0.5, 0.6) is 0 Å². The third kappa shape index (κ3) is 4.22. The van der Waals surface area contributed by atoms with Gasteiger partial charge < -0.3 is 9.72 Å². The molecule has 0 unspecified atom stereocenters. The van der Waals surface area contributed by atoms with Gasteiger partial charge in [-0.3, -0.25) is 4.79 Å². The number of ketones is 1. The zero-order chi connectivity index (χ0) is 22.8. The molecule has 1 aliphatic carbocycles. The first kappa shape index (κ1) is 20.9. The number of H-pyrrole nitrogens is 1. The van der Waals surface area contributed by atoms with Gasteiger partial charge in [0.25, 0.3) is 0 Å². The van der Waals surface area contributed by atoms with Gasteiger partial charge in [0, 0.05) is 11.6 Å². The second-order valence-electron chi connectivity index (χ2n) is 8.35. The number of esters is 1. The molecule has 2 heterocycles. The number of hydrogen-bond acceptors (Lipinski definition) is 4. The van der Waals surface area contributed by atoms with Crippen molar-refractivity contribution in [1.29, 1.82) is 0 Å². The molecule has 0 fully saturated rings. The largest absolute Gasteiger partial charge is 0.454 e. The molecule has 0 bridgehead atoms. The normalized spacial score (nSPS) is 14.3. The molecule has 164 valence electrons. The van der Waals surface area contributed by atoms with Crippen molar-refractivity contribution in [2.24, 2.45) is 0 Å². The summed E-state index contributed by atoms with van der Waals surface area (Å²) in [7, 11) is 0. The van der Waals surface area contributed by atoms with E-state index in [-0.39, 0.29) is 12.4 Å². The highest BCUT2D eigenvalue weighted by Gasteiger charge is 2.26. The average molecular weight is 437 g/mol. The molecule has 4 aromatic rings. The predicted molar refractivity (Wildman–Crippen MR) is 129 cm³/mol. The van der Waals surface area contributed by atoms with E-state index >= 15 is 0 Å². The summed E-state index contributed by atoms with van der Waals surface area (Å²) in [6, 6.07) is 19.4. The number of nitrogens with zero attached hydrogens (tertiary/aromatic N) is 1. The molecule has 33 heavy (non-hydrogen) atoms. The Kier molecular flexibility index (Phi) is 5.61. The second kappa shape index (κ2) is 8.87. The van der Waals surface area contributed by atoms with Crippen molar-refractivity contribution < 1.29 is 14.3 Å². The Morgan fingerprint density at radius 1 is 1.03 bits per heavy atom. The first-order valence-corrected chi connectivity index (χ1v) is 11.1. The summed E-state index contributed by atoms with van der Waals surface area (Å²) in [4.78, 5) is 33.4. The summed E-state index contributed by atoms with van der Waals surface area (Å²) >= 11 is 0. The van der Waals surface area contributed by atoms with Crippen LogP contribution in [0, 0.1) is 6.92 Å². The smallest absolute Gasteiger partial charge is 0.339 e. The summed E-state index contributed by atoms with van der Waals surface area (Å²) < 4.78 is 5.50. The van der Waals surface area contributed by atoms with E-state index in [1.165, 1.54) is 5.56 Å². The van der Waals surface area contributed by atoms with E-state index < -0.39 is 5.97 Å². The lowest BCUT2D eigenvalue weighted by Crippen LogP contribution is -2.18. The first-order valence-electron chi connectivity index (χ1n) is 11.1. The number of carbonyl (C=O) groups is 2. The maximum atomic E-state index is 13.3. The third-order valence-corrected chi connectivity index (χ3v) is 6.03. The molecule has 0 spiro atoms. The van der Waals surface area contributed by atoms with Crippen LogP contribution in [0.15, 0.2) is 66.9 Å². The Labute approximate surface area is 192 Å².